The molecule has 1 aliphatic heterocycles. The second-order valence-corrected chi connectivity index (χ2v) is 8.84. The van der Waals surface area contributed by atoms with Crippen molar-refractivity contribution in [3.8, 4) is 5.69 Å². The van der Waals surface area contributed by atoms with E-state index in [-0.39, 0.29) is 22.6 Å². The van der Waals surface area contributed by atoms with Crippen LogP contribution in [0.15, 0.2) is 52.8 Å². The molecule has 0 bridgehead atoms. The van der Waals surface area contributed by atoms with E-state index in [0.29, 0.717) is 4.91 Å². The maximum absolute atomic E-state index is 12.4. The molecule has 1 aliphatic rings. The Morgan fingerprint density at radius 1 is 1.18 bits per heavy atom. The van der Waals surface area contributed by atoms with Crippen molar-refractivity contribution in [2.45, 2.75) is 18.7 Å². The molecule has 0 aliphatic carbocycles. The molecule has 1 fully saturated rings. The Morgan fingerprint density at radius 2 is 1.82 bits per heavy atom. The molecule has 3 rings (SSSR count). The average Bonchev–Trinajstić information content (AvgIpc) is 3.05. The Morgan fingerprint density at radius 3 is 2.39 bits per heavy atom. The Balaban J connectivity index is 1.98. The first-order chi connectivity index (χ1) is 13.1. The van der Waals surface area contributed by atoms with Crippen LogP contribution in [0.3, 0.4) is 0 Å². The molecule has 0 atom stereocenters. The van der Waals surface area contributed by atoms with Crippen molar-refractivity contribution in [3.05, 3.63) is 64.8 Å². The third-order valence-corrected chi connectivity index (χ3v) is 6.20. The summed E-state index contributed by atoms with van der Waals surface area (Å²) in [6, 6.07) is 8.14. The van der Waals surface area contributed by atoms with E-state index in [1.54, 1.807) is 18.2 Å². The summed E-state index contributed by atoms with van der Waals surface area (Å²) in [7, 11) is -3.76. The highest BCUT2D eigenvalue weighted by atomic mass is 32.2. The lowest BCUT2D eigenvalue weighted by Crippen LogP contribution is -2.27. The van der Waals surface area contributed by atoms with E-state index in [4.69, 9.17) is 5.14 Å². The molecule has 146 valence electrons. The predicted octanol–water partition coefficient (Wildman–Crippen LogP) is 2.96. The maximum atomic E-state index is 12.4. The van der Waals surface area contributed by atoms with Crippen molar-refractivity contribution in [2.75, 3.05) is 6.54 Å². The lowest BCUT2D eigenvalue weighted by Gasteiger charge is -2.10. The van der Waals surface area contributed by atoms with E-state index in [2.05, 4.69) is 6.58 Å². The van der Waals surface area contributed by atoms with Gasteiger partial charge in [-0.15, -0.1) is 6.58 Å². The van der Waals surface area contributed by atoms with Gasteiger partial charge in [-0.05, 0) is 67.6 Å². The largest absolute Gasteiger partial charge is 0.318 e. The average molecular weight is 418 g/mol. The number of carbonyl (C=O) groups is 2. The van der Waals surface area contributed by atoms with Gasteiger partial charge in [-0.2, -0.15) is 0 Å². The molecule has 2 amide bonds. The number of carbonyl (C=O) groups excluding carboxylic acids is 2. The second kappa shape index (κ2) is 7.42. The van der Waals surface area contributed by atoms with Crippen LogP contribution >= 0.6 is 11.8 Å². The van der Waals surface area contributed by atoms with Gasteiger partial charge < -0.3 is 4.57 Å². The van der Waals surface area contributed by atoms with Crippen LogP contribution in [-0.2, 0) is 14.8 Å². The quantitative estimate of drug-likeness (QED) is 0.595. The van der Waals surface area contributed by atoms with E-state index in [9.17, 15) is 18.0 Å². The molecule has 0 spiro atoms. The lowest BCUT2D eigenvalue weighted by molar-refractivity contribution is -0.122. The number of aromatic nitrogens is 1. The van der Waals surface area contributed by atoms with E-state index in [1.807, 2.05) is 24.5 Å². The number of nitrogens with two attached hydrogens (primary N) is 1. The van der Waals surface area contributed by atoms with Gasteiger partial charge >= 0.3 is 0 Å². The van der Waals surface area contributed by atoms with Gasteiger partial charge in [-0.1, -0.05) is 6.08 Å². The minimum atomic E-state index is -3.76. The van der Waals surface area contributed by atoms with Crippen LogP contribution in [0.4, 0.5) is 4.79 Å². The zero-order chi connectivity index (χ0) is 20.6. The third-order valence-electron chi connectivity index (χ3n) is 4.37. The van der Waals surface area contributed by atoms with Crippen LogP contribution in [0.1, 0.15) is 17.0 Å². The van der Waals surface area contributed by atoms with Gasteiger partial charge in [0, 0.05) is 23.6 Å². The van der Waals surface area contributed by atoms with E-state index >= 15 is 0 Å². The van der Waals surface area contributed by atoms with Crippen molar-refractivity contribution in [1.82, 2.24) is 9.47 Å². The summed E-state index contributed by atoms with van der Waals surface area (Å²) in [6.07, 6.45) is 3.21. The SMILES string of the molecule is C=CCN1C(=O)S/C(=C/c2cc(C)n(-c3ccc(S(N)(=O)=O)cc3)c2C)C1=O. The fourth-order valence-electron chi connectivity index (χ4n) is 3.04. The molecule has 0 unspecified atom stereocenters. The highest BCUT2D eigenvalue weighted by Crippen LogP contribution is 2.33. The normalized spacial score (nSPS) is 16.2. The molecule has 9 heteroatoms. The first-order valence-electron chi connectivity index (χ1n) is 8.32. The molecular formula is C19H19N3O4S2. The molecule has 28 heavy (non-hydrogen) atoms. The summed E-state index contributed by atoms with van der Waals surface area (Å²) in [5, 5.41) is 4.83. The number of primary sulfonamides is 1. The molecular weight excluding hydrogens is 398 g/mol. The van der Waals surface area contributed by atoms with Crippen molar-refractivity contribution in [3.63, 3.8) is 0 Å². The highest BCUT2D eigenvalue weighted by molar-refractivity contribution is 8.18. The lowest BCUT2D eigenvalue weighted by atomic mass is 10.2. The minimum absolute atomic E-state index is 0.0369. The second-order valence-electron chi connectivity index (χ2n) is 6.28. The fraction of sp³-hybridized carbons (Fsp3) is 0.158. The van der Waals surface area contributed by atoms with Gasteiger partial charge in [0.1, 0.15) is 0 Å². The Kier molecular flexibility index (Phi) is 5.33. The van der Waals surface area contributed by atoms with E-state index < -0.39 is 10.0 Å². The molecule has 1 saturated heterocycles. The van der Waals surface area contributed by atoms with Crippen LogP contribution in [0.5, 0.6) is 0 Å². The Hall–Kier alpha value is -2.62. The Labute approximate surface area is 167 Å². The number of rotatable bonds is 5. The summed E-state index contributed by atoms with van der Waals surface area (Å²) in [5.41, 5.74) is 3.33. The number of benzene rings is 1. The minimum Gasteiger partial charge on any atom is -0.318 e. The van der Waals surface area contributed by atoms with Crippen LogP contribution in [0, 0.1) is 13.8 Å². The zero-order valence-electron chi connectivity index (χ0n) is 15.4. The highest BCUT2D eigenvalue weighted by Gasteiger charge is 2.34. The number of thioether (sulfide) groups is 1. The molecule has 0 saturated carbocycles. The summed E-state index contributed by atoms with van der Waals surface area (Å²) in [5.74, 6) is -0.336. The number of nitrogens with zero attached hydrogens (tertiary/aromatic N) is 2. The van der Waals surface area contributed by atoms with E-state index in [0.717, 1.165) is 39.3 Å². The monoisotopic (exact) mass is 417 g/mol. The van der Waals surface area contributed by atoms with Crippen LogP contribution in [0.2, 0.25) is 0 Å². The van der Waals surface area contributed by atoms with Gasteiger partial charge in [-0.25, -0.2) is 13.6 Å². The molecule has 1 aromatic heterocycles. The molecule has 2 aromatic rings. The summed E-state index contributed by atoms with van der Waals surface area (Å²) in [6.45, 7) is 7.53. The predicted molar refractivity (Wildman–Crippen MR) is 109 cm³/mol. The van der Waals surface area contributed by atoms with Crippen LogP contribution in [0.25, 0.3) is 11.8 Å². The zero-order valence-corrected chi connectivity index (χ0v) is 17.0. The smallest absolute Gasteiger partial charge is 0.293 e. The number of imide groups is 1. The number of aryl methyl sites for hydroxylation is 1. The molecule has 1 aromatic carbocycles. The van der Waals surface area contributed by atoms with Gasteiger partial charge in [0.15, 0.2) is 0 Å². The molecule has 0 radical (unpaired) electrons. The summed E-state index contributed by atoms with van der Waals surface area (Å²) in [4.78, 5) is 25.9. The Bertz CT molecular complexity index is 1110. The number of hydrogen-bond donors (Lipinski definition) is 1. The fourth-order valence-corrected chi connectivity index (χ4v) is 4.40. The molecule has 7 nitrogen and oxygen atoms in total. The van der Waals surface area contributed by atoms with Gasteiger partial charge in [-0.3, -0.25) is 14.5 Å². The first-order valence-corrected chi connectivity index (χ1v) is 10.7. The third kappa shape index (κ3) is 3.68. The van der Waals surface area contributed by atoms with Crippen molar-refractivity contribution in [1.29, 1.82) is 0 Å². The summed E-state index contributed by atoms with van der Waals surface area (Å²) < 4.78 is 24.8. The van der Waals surface area contributed by atoms with Gasteiger partial charge in [0.2, 0.25) is 10.0 Å². The van der Waals surface area contributed by atoms with E-state index in [1.165, 1.54) is 18.2 Å². The topological polar surface area (TPSA) is 102 Å². The van der Waals surface area contributed by atoms with Crippen molar-refractivity contribution in [2.24, 2.45) is 5.14 Å². The van der Waals surface area contributed by atoms with Gasteiger partial charge in [0.25, 0.3) is 11.1 Å². The first kappa shape index (κ1) is 20.1. The van der Waals surface area contributed by atoms with Crippen LogP contribution in [-0.4, -0.2) is 35.6 Å². The number of sulfonamides is 1. The molecule has 2 N–H and O–H groups in total. The van der Waals surface area contributed by atoms with Crippen molar-refractivity contribution >= 4 is 39.0 Å². The van der Waals surface area contributed by atoms with Crippen molar-refractivity contribution < 1.29 is 18.0 Å². The standard InChI is InChI=1S/C19H19N3O4S2/c1-4-9-21-18(23)17(27-19(21)24)11-14-10-12(2)22(13(14)3)15-5-7-16(8-6-15)28(20,25)26/h4-8,10-11H,1,9H2,2-3H3,(H2,20,25,26)/b17-11+. The maximum Gasteiger partial charge on any atom is 0.293 e. The number of hydrogen-bond acceptors (Lipinski definition) is 5. The number of amides is 2. The van der Waals surface area contributed by atoms with Gasteiger partial charge in [0.05, 0.1) is 9.80 Å². The van der Waals surface area contributed by atoms with Crippen LogP contribution < -0.4 is 5.14 Å². The summed E-state index contributed by atoms with van der Waals surface area (Å²) >= 11 is 0.902. The molecule has 2 heterocycles.